The van der Waals surface area contributed by atoms with Gasteiger partial charge >= 0.3 is 0 Å². The van der Waals surface area contributed by atoms with Crippen molar-refractivity contribution in [2.45, 2.75) is 13.5 Å². The maximum Gasteiger partial charge on any atom is 0.290 e. The number of carbonyl (C=O) groups is 1. The van der Waals surface area contributed by atoms with E-state index in [2.05, 4.69) is 11.8 Å². The first-order valence-corrected chi connectivity index (χ1v) is 7.45. The summed E-state index contributed by atoms with van der Waals surface area (Å²) in [5, 5.41) is 0. The third-order valence-electron chi connectivity index (χ3n) is 4.03. The highest BCUT2D eigenvalue weighted by molar-refractivity contribution is 5.77. The van der Waals surface area contributed by atoms with Crippen LogP contribution in [0.25, 0.3) is 0 Å². The second-order valence-corrected chi connectivity index (χ2v) is 5.82. The second-order valence-electron chi connectivity index (χ2n) is 5.82. The van der Waals surface area contributed by atoms with Crippen LogP contribution in [0.15, 0.2) is 46.9 Å². The van der Waals surface area contributed by atoms with Crippen molar-refractivity contribution in [3.05, 3.63) is 48.2 Å². The predicted octanol–water partition coefficient (Wildman–Crippen LogP) is 2.63. The van der Waals surface area contributed by atoms with Crippen LogP contribution >= 0.6 is 0 Å². The molecule has 0 unspecified atom stereocenters. The summed E-state index contributed by atoms with van der Waals surface area (Å²) in [5.41, 5.74) is 5.42. The summed E-state index contributed by atoms with van der Waals surface area (Å²) in [6, 6.07) is 13.2. The number of furan rings is 1. The molecule has 1 aliphatic rings. The first-order valence-electron chi connectivity index (χ1n) is 7.45. The van der Waals surface area contributed by atoms with Gasteiger partial charge in [0, 0.05) is 19.2 Å². The smallest absolute Gasteiger partial charge is 0.290 e. The lowest BCUT2D eigenvalue weighted by atomic mass is 9.98. The van der Waals surface area contributed by atoms with E-state index in [9.17, 15) is 4.79 Å². The standard InChI is InChI=1S/C17H20N2O3/c1-12-9-19(11-15(12)17(18)20)10-14-7-8-16(22-14)21-13-5-3-2-4-6-13/h2-8,12,15H,9-11H2,1H3,(H2,18,20)/t12-,15-/m1/s1. The zero-order chi connectivity index (χ0) is 15.5. The molecule has 1 aromatic heterocycles. The van der Waals surface area contributed by atoms with Crippen molar-refractivity contribution in [1.82, 2.24) is 4.90 Å². The number of likely N-dealkylation sites (tertiary alicyclic amines) is 1. The van der Waals surface area contributed by atoms with E-state index < -0.39 is 0 Å². The minimum Gasteiger partial charge on any atom is -0.429 e. The van der Waals surface area contributed by atoms with Crippen LogP contribution < -0.4 is 10.5 Å². The number of hydrogen-bond acceptors (Lipinski definition) is 4. The molecule has 1 saturated heterocycles. The zero-order valence-corrected chi connectivity index (χ0v) is 12.6. The molecule has 3 rings (SSSR count). The van der Waals surface area contributed by atoms with Gasteiger partial charge in [-0.15, -0.1) is 0 Å². The summed E-state index contributed by atoms with van der Waals surface area (Å²) in [4.78, 5) is 13.6. The molecule has 1 amide bonds. The van der Waals surface area contributed by atoms with Gasteiger partial charge in [-0.05, 0) is 24.1 Å². The molecule has 0 spiro atoms. The van der Waals surface area contributed by atoms with E-state index in [4.69, 9.17) is 14.9 Å². The highest BCUT2D eigenvalue weighted by Gasteiger charge is 2.33. The Morgan fingerprint density at radius 2 is 2.05 bits per heavy atom. The number of rotatable bonds is 5. The lowest BCUT2D eigenvalue weighted by Gasteiger charge is -2.13. The SMILES string of the molecule is C[C@@H]1CN(Cc2ccc(Oc3ccccc3)o2)C[C@H]1C(N)=O. The molecule has 2 atom stereocenters. The van der Waals surface area contributed by atoms with Crippen LogP contribution in [-0.4, -0.2) is 23.9 Å². The molecule has 0 saturated carbocycles. The summed E-state index contributed by atoms with van der Waals surface area (Å²) in [6.45, 7) is 4.25. The second kappa shape index (κ2) is 6.23. The number of nitrogens with zero attached hydrogens (tertiary/aromatic N) is 1. The van der Waals surface area contributed by atoms with Crippen molar-refractivity contribution < 1.29 is 13.9 Å². The molecule has 2 aromatic rings. The van der Waals surface area contributed by atoms with Crippen LogP contribution in [0.3, 0.4) is 0 Å². The summed E-state index contributed by atoms with van der Waals surface area (Å²) in [5.74, 6) is 2.03. The summed E-state index contributed by atoms with van der Waals surface area (Å²) in [6.07, 6.45) is 0. The molecular weight excluding hydrogens is 280 g/mol. The first kappa shape index (κ1) is 14.7. The van der Waals surface area contributed by atoms with Crippen LogP contribution in [0.1, 0.15) is 12.7 Å². The molecule has 2 heterocycles. The molecule has 5 nitrogen and oxygen atoms in total. The normalized spacial score (nSPS) is 21.9. The van der Waals surface area contributed by atoms with E-state index in [1.165, 1.54) is 0 Å². The molecule has 1 fully saturated rings. The van der Waals surface area contributed by atoms with E-state index in [0.717, 1.165) is 18.1 Å². The lowest BCUT2D eigenvalue weighted by molar-refractivity contribution is -0.122. The van der Waals surface area contributed by atoms with Crippen LogP contribution in [0.5, 0.6) is 11.7 Å². The Bertz CT molecular complexity index is 638. The van der Waals surface area contributed by atoms with Crippen molar-refractivity contribution in [3.8, 4) is 11.7 Å². The van der Waals surface area contributed by atoms with Crippen molar-refractivity contribution in [1.29, 1.82) is 0 Å². The van der Waals surface area contributed by atoms with Gasteiger partial charge in [0.05, 0.1) is 12.5 Å². The fraction of sp³-hybridized carbons (Fsp3) is 0.353. The molecule has 1 aromatic carbocycles. The van der Waals surface area contributed by atoms with Crippen molar-refractivity contribution in [2.75, 3.05) is 13.1 Å². The van der Waals surface area contributed by atoms with Gasteiger partial charge in [0.25, 0.3) is 5.95 Å². The molecule has 5 heteroatoms. The molecule has 0 aliphatic carbocycles. The lowest BCUT2D eigenvalue weighted by Crippen LogP contribution is -2.29. The van der Waals surface area contributed by atoms with E-state index in [1.54, 1.807) is 0 Å². The zero-order valence-electron chi connectivity index (χ0n) is 12.6. The fourth-order valence-electron chi connectivity index (χ4n) is 2.89. The van der Waals surface area contributed by atoms with E-state index in [0.29, 0.717) is 19.0 Å². The number of nitrogens with two attached hydrogens (primary N) is 1. The Kier molecular flexibility index (Phi) is 4.15. The highest BCUT2D eigenvalue weighted by Crippen LogP contribution is 2.27. The fourth-order valence-corrected chi connectivity index (χ4v) is 2.89. The molecular formula is C17H20N2O3. The molecule has 116 valence electrons. The number of ether oxygens (including phenoxy) is 1. The number of amides is 1. The molecule has 1 aliphatic heterocycles. The third-order valence-corrected chi connectivity index (χ3v) is 4.03. The summed E-state index contributed by atoms with van der Waals surface area (Å²) in [7, 11) is 0. The van der Waals surface area contributed by atoms with Gasteiger partial charge < -0.3 is 14.9 Å². The topological polar surface area (TPSA) is 68.7 Å². The average Bonchev–Trinajstić information content (AvgIpc) is 3.07. The summed E-state index contributed by atoms with van der Waals surface area (Å²) >= 11 is 0. The average molecular weight is 300 g/mol. The van der Waals surface area contributed by atoms with Gasteiger partial charge in [0.1, 0.15) is 11.5 Å². The Balaban J connectivity index is 1.59. The maximum atomic E-state index is 11.4. The Morgan fingerprint density at radius 3 is 2.73 bits per heavy atom. The van der Waals surface area contributed by atoms with Gasteiger partial charge in [-0.25, -0.2) is 0 Å². The van der Waals surface area contributed by atoms with Crippen LogP contribution in [0, 0.1) is 11.8 Å². The largest absolute Gasteiger partial charge is 0.429 e. The van der Waals surface area contributed by atoms with Gasteiger partial charge in [-0.1, -0.05) is 25.1 Å². The number of carbonyl (C=O) groups excluding carboxylic acids is 1. The number of primary amides is 1. The Labute approximate surface area is 129 Å². The van der Waals surface area contributed by atoms with Gasteiger partial charge in [0.15, 0.2) is 0 Å². The maximum absolute atomic E-state index is 11.4. The Morgan fingerprint density at radius 1 is 1.27 bits per heavy atom. The molecule has 0 radical (unpaired) electrons. The highest BCUT2D eigenvalue weighted by atomic mass is 16.6. The number of benzene rings is 1. The van der Waals surface area contributed by atoms with Gasteiger partial charge in [-0.3, -0.25) is 9.69 Å². The summed E-state index contributed by atoms with van der Waals surface area (Å²) < 4.78 is 11.3. The van der Waals surface area contributed by atoms with Crippen LogP contribution in [-0.2, 0) is 11.3 Å². The number of hydrogen-bond donors (Lipinski definition) is 1. The minimum absolute atomic E-state index is 0.0741. The van der Waals surface area contributed by atoms with Crippen molar-refractivity contribution >= 4 is 5.91 Å². The molecule has 22 heavy (non-hydrogen) atoms. The van der Waals surface area contributed by atoms with Gasteiger partial charge in [-0.2, -0.15) is 0 Å². The van der Waals surface area contributed by atoms with Crippen LogP contribution in [0.2, 0.25) is 0 Å². The van der Waals surface area contributed by atoms with Gasteiger partial charge in [0.2, 0.25) is 5.91 Å². The predicted molar refractivity (Wildman–Crippen MR) is 82.3 cm³/mol. The molecule has 2 N–H and O–H groups in total. The van der Waals surface area contributed by atoms with Crippen molar-refractivity contribution in [2.24, 2.45) is 17.6 Å². The van der Waals surface area contributed by atoms with E-state index in [-0.39, 0.29) is 17.7 Å². The molecule has 0 bridgehead atoms. The van der Waals surface area contributed by atoms with Crippen molar-refractivity contribution in [3.63, 3.8) is 0 Å². The Hall–Kier alpha value is -2.27. The van der Waals surface area contributed by atoms with E-state index in [1.807, 2.05) is 42.5 Å². The quantitative estimate of drug-likeness (QED) is 0.921. The monoisotopic (exact) mass is 300 g/mol. The third kappa shape index (κ3) is 3.31. The number of para-hydroxylation sites is 1. The first-order chi connectivity index (χ1) is 10.6. The van der Waals surface area contributed by atoms with E-state index >= 15 is 0 Å². The van der Waals surface area contributed by atoms with Crippen LogP contribution in [0.4, 0.5) is 0 Å². The minimum atomic E-state index is -0.220.